The number of hydrogen-bond acceptors (Lipinski definition) is 8. The molecule has 4 aromatic carbocycles. The highest BCUT2D eigenvalue weighted by atomic mass is 16.6. The molecule has 2 saturated heterocycles. The first-order valence-corrected chi connectivity index (χ1v) is 20.8. The third kappa shape index (κ3) is 10.5. The van der Waals surface area contributed by atoms with E-state index in [4.69, 9.17) is 18.9 Å². The Bertz CT molecular complexity index is 2050. The number of nitrogens with one attached hydrogen (secondary N) is 2. The van der Waals surface area contributed by atoms with Crippen molar-refractivity contribution >= 4 is 33.7 Å². The number of nitrogens with zero attached hydrogens (tertiary/aromatic N) is 2. The van der Waals surface area contributed by atoms with Crippen LogP contribution in [0.3, 0.4) is 0 Å². The third-order valence-electron chi connectivity index (χ3n) is 11.7. The van der Waals surface area contributed by atoms with Crippen molar-refractivity contribution in [1.82, 2.24) is 19.8 Å². The predicted octanol–water partition coefficient (Wildman–Crippen LogP) is 7.84. The molecular formula is C48H54N4O6. The fourth-order valence-corrected chi connectivity index (χ4v) is 8.59. The lowest BCUT2D eigenvalue weighted by Gasteiger charge is -2.34. The molecule has 4 heterocycles. The average molecular weight is 783 g/mol. The van der Waals surface area contributed by atoms with Gasteiger partial charge in [0.05, 0.1) is 0 Å². The molecule has 2 aliphatic heterocycles. The van der Waals surface area contributed by atoms with Crippen LogP contribution in [0.15, 0.2) is 122 Å². The van der Waals surface area contributed by atoms with Gasteiger partial charge in [-0.15, -0.1) is 0 Å². The zero-order valence-corrected chi connectivity index (χ0v) is 33.1. The Morgan fingerprint density at radius 1 is 0.534 bits per heavy atom. The molecule has 8 rings (SSSR count). The number of aromatic nitrogens is 2. The van der Waals surface area contributed by atoms with Crippen LogP contribution < -0.4 is 9.47 Å². The standard InChI is InChI=1S/C48H54N4O6/c53-47(57-39(33-55-45-15-7-13-43-41(45)17-23-49-43)31-51-25-19-37(20-26-51)29-35-9-3-1-4-10-35)48(54)58-40(34-56-46-16-8-14-44-42(46)18-24-50-44)32-52-27-21-38(22-28-52)30-36-11-5-2-6-12-36/h1-18,23-24,37-40,49-50H,19-22,25-34H2. The summed E-state index contributed by atoms with van der Waals surface area (Å²) in [6.07, 6.45) is 8.65. The highest BCUT2D eigenvalue weighted by Crippen LogP contribution is 2.28. The monoisotopic (exact) mass is 782 g/mol. The number of H-pyrrole nitrogens is 2. The fraction of sp³-hybridized carbons (Fsp3) is 0.375. The van der Waals surface area contributed by atoms with Gasteiger partial charge in [0, 0.05) is 47.3 Å². The highest BCUT2D eigenvalue weighted by Gasteiger charge is 2.31. The molecule has 10 heteroatoms. The normalized spacial score (nSPS) is 16.9. The summed E-state index contributed by atoms with van der Waals surface area (Å²) >= 11 is 0. The van der Waals surface area contributed by atoms with Gasteiger partial charge in [0.1, 0.15) is 36.9 Å². The molecule has 2 aliphatic rings. The number of esters is 2. The minimum atomic E-state index is -1.02. The zero-order valence-electron chi connectivity index (χ0n) is 33.1. The number of ether oxygens (including phenoxy) is 4. The van der Waals surface area contributed by atoms with E-state index in [0.29, 0.717) is 36.4 Å². The summed E-state index contributed by atoms with van der Waals surface area (Å²) in [4.78, 5) is 38.4. The second-order valence-corrected chi connectivity index (χ2v) is 15.9. The topological polar surface area (TPSA) is 109 Å². The maximum absolute atomic E-state index is 13.7. The lowest BCUT2D eigenvalue weighted by atomic mass is 9.90. The van der Waals surface area contributed by atoms with Gasteiger partial charge in [-0.25, -0.2) is 9.59 Å². The molecule has 2 aromatic heterocycles. The first-order valence-electron chi connectivity index (χ1n) is 20.8. The minimum Gasteiger partial charge on any atom is -0.489 e. The van der Waals surface area contributed by atoms with Crippen LogP contribution in [0.25, 0.3) is 21.8 Å². The molecule has 58 heavy (non-hydrogen) atoms. The van der Waals surface area contributed by atoms with Crippen molar-refractivity contribution in [2.24, 2.45) is 11.8 Å². The Morgan fingerprint density at radius 3 is 1.36 bits per heavy atom. The molecule has 6 aromatic rings. The molecule has 10 nitrogen and oxygen atoms in total. The predicted molar refractivity (Wildman–Crippen MR) is 226 cm³/mol. The summed E-state index contributed by atoms with van der Waals surface area (Å²) in [5, 5.41) is 1.88. The second-order valence-electron chi connectivity index (χ2n) is 15.9. The number of rotatable bonds is 16. The molecule has 2 fully saturated rings. The Labute approximate surface area is 340 Å². The molecule has 0 aliphatic carbocycles. The maximum Gasteiger partial charge on any atom is 0.417 e. The summed E-state index contributed by atoms with van der Waals surface area (Å²) in [6.45, 7) is 4.59. The van der Waals surface area contributed by atoms with Crippen LogP contribution in [0, 0.1) is 11.8 Å². The number of carbonyl (C=O) groups is 2. The van der Waals surface area contributed by atoms with Gasteiger partial charge in [0.15, 0.2) is 0 Å². The van der Waals surface area contributed by atoms with Gasteiger partial charge in [0.2, 0.25) is 0 Å². The summed E-state index contributed by atoms with van der Waals surface area (Å²) in [7, 11) is 0. The lowest BCUT2D eigenvalue weighted by Crippen LogP contribution is -2.45. The van der Waals surface area contributed by atoms with Crippen molar-refractivity contribution in [3.63, 3.8) is 0 Å². The van der Waals surface area contributed by atoms with Gasteiger partial charge in [-0.3, -0.25) is 9.80 Å². The van der Waals surface area contributed by atoms with Crippen LogP contribution in [0.1, 0.15) is 36.8 Å². The molecule has 2 atom stereocenters. The highest BCUT2D eigenvalue weighted by molar-refractivity contribution is 6.29. The van der Waals surface area contributed by atoms with Crippen LogP contribution in [0.5, 0.6) is 11.5 Å². The summed E-state index contributed by atoms with van der Waals surface area (Å²) < 4.78 is 24.6. The molecule has 0 spiro atoms. The summed E-state index contributed by atoms with van der Waals surface area (Å²) in [5.41, 5.74) is 4.63. The number of hydrogen-bond donors (Lipinski definition) is 2. The van der Waals surface area contributed by atoms with Gasteiger partial charge in [-0.2, -0.15) is 0 Å². The van der Waals surface area contributed by atoms with Crippen molar-refractivity contribution in [1.29, 1.82) is 0 Å². The van der Waals surface area contributed by atoms with E-state index in [1.807, 2.05) is 60.9 Å². The second kappa shape index (κ2) is 19.2. The number of fused-ring (bicyclic) bond motifs is 2. The third-order valence-corrected chi connectivity index (χ3v) is 11.7. The van der Waals surface area contributed by atoms with E-state index < -0.39 is 24.1 Å². The quantitative estimate of drug-likeness (QED) is 0.0756. The molecule has 0 radical (unpaired) electrons. The lowest BCUT2D eigenvalue weighted by molar-refractivity contribution is -0.177. The van der Waals surface area contributed by atoms with Crippen molar-refractivity contribution < 1.29 is 28.5 Å². The van der Waals surface area contributed by atoms with Gasteiger partial charge in [-0.1, -0.05) is 72.8 Å². The minimum absolute atomic E-state index is 0.0956. The van der Waals surface area contributed by atoms with Crippen LogP contribution in [0.4, 0.5) is 0 Å². The van der Waals surface area contributed by atoms with Crippen LogP contribution in [-0.4, -0.2) is 96.4 Å². The van der Waals surface area contributed by atoms with Crippen molar-refractivity contribution in [3.05, 3.63) is 133 Å². The fourth-order valence-electron chi connectivity index (χ4n) is 8.59. The van der Waals surface area contributed by atoms with Gasteiger partial charge in [-0.05, 0) is 124 Å². The van der Waals surface area contributed by atoms with Crippen molar-refractivity contribution in [3.8, 4) is 11.5 Å². The van der Waals surface area contributed by atoms with Crippen LogP contribution >= 0.6 is 0 Å². The van der Waals surface area contributed by atoms with E-state index >= 15 is 0 Å². The van der Waals surface area contributed by atoms with E-state index in [9.17, 15) is 9.59 Å². The van der Waals surface area contributed by atoms with Gasteiger partial charge >= 0.3 is 11.9 Å². The molecule has 0 bridgehead atoms. The number of likely N-dealkylation sites (tertiary alicyclic amines) is 2. The van der Waals surface area contributed by atoms with Crippen molar-refractivity contribution in [2.45, 2.75) is 50.7 Å². The molecule has 0 amide bonds. The van der Waals surface area contributed by atoms with Crippen molar-refractivity contribution in [2.75, 3.05) is 52.5 Å². The number of benzene rings is 4. The van der Waals surface area contributed by atoms with E-state index in [-0.39, 0.29) is 13.2 Å². The first kappa shape index (κ1) is 39.3. The van der Waals surface area contributed by atoms with E-state index in [0.717, 1.165) is 86.5 Å². The molecule has 2 N–H and O–H groups in total. The largest absolute Gasteiger partial charge is 0.489 e. The van der Waals surface area contributed by atoms with Gasteiger partial charge < -0.3 is 28.9 Å². The smallest absolute Gasteiger partial charge is 0.417 e. The maximum atomic E-state index is 13.7. The van der Waals surface area contributed by atoms with Crippen LogP contribution in [0.2, 0.25) is 0 Å². The Kier molecular flexibility index (Phi) is 13.0. The summed E-state index contributed by atoms with van der Waals surface area (Å²) in [5.74, 6) is 0.515. The van der Waals surface area contributed by atoms with Crippen LogP contribution in [-0.2, 0) is 31.9 Å². The Hall–Kier alpha value is -5.58. The van der Waals surface area contributed by atoms with E-state index in [2.05, 4.69) is 80.4 Å². The number of carbonyl (C=O) groups excluding carboxylic acids is 2. The number of aromatic amines is 2. The average Bonchev–Trinajstić information content (AvgIpc) is 3.95. The van der Waals surface area contributed by atoms with Gasteiger partial charge in [0.25, 0.3) is 0 Å². The molecule has 302 valence electrons. The molecule has 0 saturated carbocycles. The Balaban J connectivity index is 0.912. The summed E-state index contributed by atoms with van der Waals surface area (Å²) in [6, 6.07) is 36.8. The van der Waals surface area contributed by atoms with E-state index in [1.165, 1.54) is 11.1 Å². The first-order chi connectivity index (χ1) is 28.5. The number of piperidine rings is 2. The van der Waals surface area contributed by atoms with E-state index in [1.54, 1.807) is 0 Å². The zero-order chi connectivity index (χ0) is 39.5. The SMILES string of the molecule is O=C(OC(COc1cccc2[nH]ccc12)CN1CCC(Cc2ccccc2)CC1)C(=O)OC(COc1cccc2[nH]ccc12)CN1CCC(Cc2ccccc2)CC1. The molecular weight excluding hydrogens is 729 g/mol. The Morgan fingerprint density at radius 2 is 0.948 bits per heavy atom. The molecule has 2 unspecified atom stereocenters.